The molecule has 100 valence electrons. The summed E-state index contributed by atoms with van der Waals surface area (Å²) < 4.78 is 29.0. The monoisotopic (exact) mass is 269 g/mol. The second-order valence-electron chi connectivity index (χ2n) is 4.61. The summed E-state index contributed by atoms with van der Waals surface area (Å²) in [5.41, 5.74) is 6.71. The van der Waals surface area contributed by atoms with Crippen molar-refractivity contribution < 1.29 is 13.2 Å². The lowest BCUT2D eigenvalue weighted by atomic mass is 10.1. The van der Waals surface area contributed by atoms with E-state index in [-0.39, 0.29) is 22.8 Å². The van der Waals surface area contributed by atoms with Crippen molar-refractivity contribution in [1.29, 1.82) is 0 Å². The van der Waals surface area contributed by atoms with Crippen LogP contribution < -0.4 is 10.5 Å². The van der Waals surface area contributed by atoms with Gasteiger partial charge >= 0.3 is 0 Å². The molecule has 0 heterocycles. The van der Waals surface area contributed by atoms with Crippen LogP contribution >= 0.6 is 0 Å². The molecule has 1 aliphatic rings. The van der Waals surface area contributed by atoms with Crippen molar-refractivity contribution in [2.24, 2.45) is 11.7 Å². The van der Waals surface area contributed by atoms with Gasteiger partial charge in [0.05, 0.1) is 12.4 Å². The molecule has 1 aromatic carbocycles. The molecule has 1 saturated carbocycles. The average Bonchev–Trinajstić information content (AvgIpc) is 3.14. The van der Waals surface area contributed by atoms with Gasteiger partial charge in [-0.2, -0.15) is 0 Å². The molecule has 4 nitrogen and oxygen atoms in total. The Hall–Kier alpha value is -1.07. The Morgan fingerprint density at radius 3 is 2.33 bits per heavy atom. The molecule has 1 aromatic rings. The van der Waals surface area contributed by atoms with Gasteiger partial charge in [0.2, 0.25) is 0 Å². The standard InChI is InChI=1S/C13H19NO3S/c1-3-18(15,16)13-11(8-14)12(13)9-4-6-10(17-2)7-5-9/h4-7,11-13H,3,8,14H2,1-2H3/t11-,12+,13-/m1/s1. The molecule has 5 heteroatoms. The third-order valence-electron chi connectivity index (χ3n) is 3.69. The SMILES string of the molecule is CCS(=O)(=O)[C@@H]1[C@H](CN)[C@@H]1c1ccc(OC)cc1. The molecule has 1 fully saturated rings. The molecular formula is C13H19NO3S. The zero-order valence-electron chi connectivity index (χ0n) is 10.7. The largest absolute Gasteiger partial charge is 0.497 e. The van der Waals surface area contributed by atoms with Crippen LogP contribution in [-0.2, 0) is 9.84 Å². The van der Waals surface area contributed by atoms with Crippen LogP contribution in [0.1, 0.15) is 18.4 Å². The van der Waals surface area contributed by atoms with Crippen LogP contribution in [0.25, 0.3) is 0 Å². The molecule has 3 atom stereocenters. The van der Waals surface area contributed by atoms with E-state index in [1.54, 1.807) is 14.0 Å². The van der Waals surface area contributed by atoms with Gasteiger partial charge in [0.1, 0.15) is 5.75 Å². The average molecular weight is 269 g/mol. The van der Waals surface area contributed by atoms with E-state index in [0.717, 1.165) is 11.3 Å². The maximum atomic E-state index is 12.0. The van der Waals surface area contributed by atoms with Gasteiger partial charge in [-0.15, -0.1) is 0 Å². The minimum absolute atomic E-state index is 0.0471. The number of rotatable bonds is 5. The number of sulfone groups is 1. The van der Waals surface area contributed by atoms with Crippen LogP contribution in [-0.4, -0.2) is 33.1 Å². The lowest BCUT2D eigenvalue weighted by Gasteiger charge is -2.03. The number of hydrogen-bond donors (Lipinski definition) is 1. The van der Waals surface area contributed by atoms with Crippen molar-refractivity contribution in [1.82, 2.24) is 0 Å². The van der Waals surface area contributed by atoms with E-state index in [4.69, 9.17) is 10.5 Å². The quantitative estimate of drug-likeness (QED) is 0.871. The summed E-state index contributed by atoms with van der Waals surface area (Å²) in [5.74, 6) is 1.06. The van der Waals surface area contributed by atoms with E-state index in [2.05, 4.69) is 0 Å². The number of hydrogen-bond acceptors (Lipinski definition) is 4. The van der Waals surface area contributed by atoms with Gasteiger partial charge < -0.3 is 10.5 Å². The normalized spacial score (nSPS) is 26.9. The molecule has 2 N–H and O–H groups in total. The summed E-state index contributed by atoms with van der Waals surface area (Å²) in [6, 6.07) is 7.57. The maximum absolute atomic E-state index is 12.0. The molecule has 0 saturated heterocycles. The smallest absolute Gasteiger partial charge is 0.153 e. The molecule has 0 aromatic heterocycles. The van der Waals surface area contributed by atoms with Crippen molar-refractivity contribution in [3.8, 4) is 5.75 Å². The second-order valence-corrected chi connectivity index (χ2v) is 7.06. The topological polar surface area (TPSA) is 69.4 Å². The van der Waals surface area contributed by atoms with Crippen molar-refractivity contribution in [2.45, 2.75) is 18.1 Å². The zero-order chi connectivity index (χ0) is 13.3. The highest BCUT2D eigenvalue weighted by Crippen LogP contribution is 2.52. The lowest BCUT2D eigenvalue weighted by Crippen LogP contribution is -2.15. The highest BCUT2D eigenvalue weighted by molar-refractivity contribution is 7.92. The van der Waals surface area contributed by atoms with Gasteiger partial charge in [-0.3, -0.25) is 0 Å². The zero-order valence-corrected chi connectivity index (χ0v) is 11.5. The molecule has 0 amide bonds. The van der Waals surface area contributed by atoms with E-state index in [1.165, 1.54) is 0 Å². The molecule has 0 radical (unpaired) electrons. The van der Waals surface area contributed by atoms with Crippen LogP contribution in [0.5, 0.6) is 5.75 Å². The Morgan fingerprint density at radius 1 is 1.28 bits per heavy atom. The van der Waals surface area contributed by atoms with Crippen LogP contribution in [0.4, 0.5) is 0 Å². The number of ether oxygens (including phenoxy) is 1. The Labute approximate surface area is 108 Å². The van der Waals surface area contributed by atoms with Crippen LogP contribution in [0, 0.1) is 5.92 Å². The molecule has 0 spiro atoms. The second kappa shape index (κ2) is 4.90. The fourth-order valence-electron chi connectivity index (χ4n) is 2.57. The predicted octanol–water partition coefficient (Wildman–Crippen LogP) is 1.17. The Morgan fingerprint density at radius 2 is 1.89 bits per heavy atom. The third-order valence-corrected chi connectivity index (χ3v) is 5.96. The van der Waals surface area contributed by atoms with E-state index in [1.807, 2.05) is 24.3 Å². The van der Waals surface area contributed by atoms with Crippen LogP contribution in [0.3, 0.4) is 0 Å². The van der Waals surface area contributed by atoms with Gasteiger partial charge in [0.15, 0.2) is 9.84 Å². The molecule has 2 rings (SSSR count). The molecule has 1 aliphatic carbocycles. The molecule has 0 aliphatic heterocycles. The van der Waals surface area contributed by atoms with Crippen LogP contribution in [0.15, 0.2) is 24.3 Å². The summed E-state index contributed by atoms with van der Waals surface area (Å²) >= 11 is 0. The van der Waals surface area contributed by atoms with Gasteiger partial charge in [0.25, 0.3) is 0 Å². The van der Waals surface area contributed by atoms with Crippen molar-refractivity contribution in [3.63, 3.8) is 0 Å². The van der Waals surface area contributed by atoms with E-state index >= 15 is 0 Å². The minimum Gasteiger partial charge on any atom is -0.497 e. The summed E-state index contributed by atoms with van der Waals surface area (Å²) in [6.45, 7) is 2.10. The predicted molar refractivity (Wildman–Crippen MR) is 71.5 cm³/mol. The van der Waals surface area contributed by atoms with Gasteiger partial charge in [0, 0.05) is 11.7 Å². The first-order valence-electron chi connectivity index (χ1n) is 6.10. The van der Waals surface area contributed by atoms with E-state index in [0.29, 0.717) is 6.54 Å². The summed E-state index contributed by atoms with van der Waals surface area (Å²) in [6.07, 6.45) is 0. The van der Waals surface area contributed by atoms with Gasteiger partial charge in [-0.25, -0.2) is 8.42 Å². The lowest BCUT2D eigenvalue weighted by molar-refractivity contribution is 0.414. The summed E-state index contributed by atoms with van der Waals surface area (Å²) in [4.78, 5) is 0. The van der Waals surface area contributed by atoms with Crippen molar-refractivity contribution in [2.75, 3.05) is 19.4 Å². The first kappa shape index (κ1) is 13.4. The minimum atomic E-state index is -3.01. The van der Waals surface area contributed by atoms with Crippen molar-refractivity contribution in [3.05, 3.63) is 29.8 Å². The van der Waals surface area contributed by atoms with E-state index in [9.17, 15) is 8.42 Å². The third kappa shape index (κ3) is 2.24. The highest BCUT2D eigenvalue weighted by atomic mass is 32.2. The van der Waals surface area contributed by atoms with Crippen molar-refractivity contribution >= 4 is 9.84 Å². The number of methoxy groups -OCH3 is 1. The Balaban J connectivity index is 2.23. The molecule has 0 unspecified atom stereocenters. The maximum Gasteiger partial charge on any atom is 0.153 e. The number of benzene rings is 1. The fraction of sp³-hybridized carbons (Fsp3) is 0.538. The fourth-order valence-corrected chi connectivity index (χ4v) is 4.48. The van der Waals surface area contributed by atoms with Crippen LogP contribution in [0.2, 0.25) is 0 Å². The highest BCUT2D eigenvalue weighted by Gasteiger charge is 2.56. The summed E-state index contributed by atoms with van der Waals surface area (Å²) in [7, 11) is -1.40. The first-order chi connectivity index (χ1) is 8.55. The number of nitrogens with two attached hydrogens (primary N) is 1. The summed E-state index contributed by atoms with van der Waals surface area (Å²) in [5, 5.41) is -0.305. The van der Waals surface area contributed by atoms with Gasteiger partial charge in [-0.1, -0.05) is 19.1 Å². The Kier molecular flexibility index (Phi) is 3.64. The Bertz CT molecular complexity index is 510. The van der Waals surface area contributed by atoms with E-state index < -0.39 is 9.84 Å². The first-order valence-corrected chi connectivity index (χ1v) is 7.82. The molecule has 18 heavy (non-hydrogen) atoms. The van der Waals surface area contributed by atoms with Gasteiger partial charge in [-0.05, 0) is 30.2 Å². The molecule has 0 bridgehead atoms. The molecular weight excluding hydrogens is 250 g/mol.